The van der Waals surface area contributed by atoms with Crippen molar-refractivity contribution in [3.8, 4) is 0 Å². The van der Waals surface area contributed by atoms with Gasteiger partial charge >= 0.3 is 5.97 Å². The Morgan fingerprint density at radius 3 is 3.00 bits per heavy atom. The molecule has 5 heteroatoms. The molecule has 1 aliphatic rings. The van der Waals surface area contributed by atoms with Crippen molar-refractivity contribution in [1.29, 1.82) is 0 Å². The van der Waals surface area contributed by atoms with Gasteiger partial charge in [0.1, 0.15) is 5.76 Å². The van der Waals surface area contributed by atoms with Crippen molar-refractivity contribution >= 4 is 5.97 Å². The number of carbonyl (C=O) groups is 1. The molecule has 1 aromatic heterocycles. The average molecular weight is 252 g/mol. The van der Waals surface area contributed by atoms with Gasteiger partial charge in [-0.15, -0.1) is 0 Å². The minimum atomic E-state index is -1.02. The van der Waals surface area contributed by atoms with E-state index in [-0.39, 0.29) is 11.8 Å². The van der Waals surface area contributed by atoms with Crippen molar-refractivity contribution in [3.63, 3.8) is 0 Å². The maximum atomic E-state index is 10.7. The van der Waals surface area contributed by atoms with Gasteiger partial charge in [-0.1, -0.05) is 0 Å². The summed E-state index contributed by atoms with van der Waals surface area (Å²) in [6.45, 7) is 5.21. The molecule has 0 radical (unpaired) electrons. The van der Waals surface area contributed by atoms with Crippen LogP contribution in [-0.4, -0.2) is 42.7 Å². The van der Waals surface area contributed by atoms with E-state index in [0.717, 1.165) is 19.6 Å². The van der Waals surface area contributed by atoms with E-state index in [4.69, 9.17) is 9.52 Å². The number of furan rings is 1. The topological polar surface area (TPSA) is 65.7 Å². The molecule has 5 nitrogen and oxygen atoms in total. The van der Waals surface area contributed by atoms with Crippen molar-refractivity contribution in [2.24, 2.45) is 5.92 Å². The number of carboxylic acids is 1. The molecular formula is C13H20N2O3. The fourth-order valence-corrected chi connectivity index (χ4v) is 2.34. The molecule has 2 N–H and O–H groups in total. The number of aromatic carboxylic acids is 1. The molecule has 0 spiro atoms. The van der Waals surface area contributed by atoms with Crippen LogP contribution in [0.1, 0.15) is 35.7 Å². The molecular weight excluding hydrogens is 232 g/mol. The second kappa shape index (κ2) is 5.54. The zero-order valence-electron chi connectivity index (χ0n) is 10.8. The Kier molecular flexibility index (Phi) is 4.04. The zero-order chi connectivity index (χ0) is 13.1. The Morgan fingerprint density at radius 2 is 2.44 bits per heavy atom. The van der Waals surface area contributed by atoms with Crippen molar-refractivity contribution in [2.75, 3.05) is 26.7 Å². The molecule has 0 aromatic carbocycles. The van der Waals surface area contributed by atoms with Crippen LogP contribution in [-0.2, 0) is 0 Å². The minimum Gasteiger partial charge on any atom is -0.475 e. The van der Waals surface area contributed by atoms with Crippen LogP contribution in [0.5, 0.6) is 0 Å². The molecule has 2 atom stereocenters. The minimum absolute atomic E-state index is 0.000695. The van der Waals surface area contributed by atoms with Gasteiger partial charge in [0.15, 0.2) is 0 Å². The van der Waals surface area contributed by atoms with Crippen LogP contribution in [0.2, 0.25) is 0 Å². The van der Waals surface area contributed by atoms with Crippen molar-refractivity contribution in [2.45, 2.75) is 19.4 Å². The van der Waals surface area contributed by atoms with Crippen LogP contribution < -0.4 is 5.32 Å². The summed E-state index contributed by atoms with van der Waals surface area (Å²) in [4.78, 5) is 13.0. The SMILES string of the molecule is CC(NCC1CCN(C)C1)c1ccc(C(=O)O)o1. The van der Waals surface area contributed by atoms with Crippen molar-refractivity contribution < 1.29 is 14.3 Å². The first-order valence-electron chi connectivity index (χ1n) is 6.31. The highest BCUT2D eigenvalue weighted by Crippen LogP contribution is 2.18. The fraction of sp³-hybridized carbons (Fsp3) is 0.615. The number of hydrogen-bond donors (Lipinski definition) is 2. The molecule has 2 heterocycles. The summed E-state index contributed by atoms with van der Waals surface area (Å²) in [6.07, 6.45) is 1.22. The number of rotatable bonds is 5. The standard InChI is InChI=1S/C13H20N2O3/c1-9(11-3-4-12(18-11)13(16)17)14-7-10-5-6-15(2)8-10/h3-4,9-10,14H,5-8H2,1-2H3,(H,16,17). The van der Waals surface area contributed by atoms with Crippen LogP contribution >= 0.6 is 0 Å². The molecule has 0 bridgehead atoms. The third-order valence-corrected chi connectivity index (χ3v) is 3.47. The van der Waals surface area contributed by atoms with E-state index in [1.807, 2.05) is 6.92 Å². The van der Waals surface area contributed by atoms with E-state index in [9.17, 15) is 4.79 Å². The maximum absolute atomic E-state index is 10.7. The largest absolute Gasteiger partial charge is 0.475 e. The normalized spacial score (nSPS) is 22.2. The van der Waals surface area contributed by atoms with Gasteiger partial charge in [0, 0.05) is 6.54 Å². The second-order valence-electron chi connectivity index (χ2n) is 5.05. The number of hydrogen-bond acceptors (Lipinski definition) is 4. The lowest BCUT2D eigenvalue weighted by Crippen LogP contribution is -2.27. The van der Waals surface area contributed by atoms with Crippen molar-refractivity contribution in [1.82, 2.24) is 10.2 Å². The Balaban J connectivity index is 1.83. The summed E-state index contributed by atoms with van der Waals surface area (Å²) in [5.41, 5.74) is 0. The Labute approximate surface area is 107 Å². The van der Waals surface area contributed by atoms with Crippen LogP contribution in [0.25, 0.3) is 0 Å². The van der Waals surface area contributed by atoms with Gasteiger partial charge in [-0.2, -0.15) is 0 Å². The number of nitrogens with zero attached hydrogens (tertiary/aromatic N) is 1. The lowest BCUT2D eigenvalue weighted by Gasteiger charge is -2.15. The van der Waals surface area contributed by atoms with Crippen LogP contribution in [0, 0.1) is 5.92 Å². The van der Waals surface area contributed by atoms with Gasteiger partial charge in [0.25, 0.3) is 0 Å². The first kappa shape index (κ1) is 13.1. The molecule has 1 aliphatic heterocycles. The third-order valence-electron chi connectivity index (χ3n) is 3.47. The van der Waals surface area contributed by atoms with Crippen LogP contribution in [0.4, 0.5) is 0 Å². The quantitative estimate of drug-likeness (QED) is 0.833. The summed E-state index contributed by atoms with van der Waals surface area (Å²) >= 11 is 0. The highest BCUT2D eigenvalue weighted by molar-refractivity contribution is 5.84. The second-order valence-corrected chi connectivity index (χ2v) is 5.05. The lowest BCUT2D eigenvalue weighted by molar-refractivity contribution is 0.0659. The molecule has 1 fully saturated rings. The van der Waals surface area contributed by atoms with E-state index < -0.39 is 5.97 Å². The average Bonchev–Trinajstić information content (AvgIpc) is 2.94. The molecule has 1 saturated heterocycles. The van der Waals surface area contributed by atoms with Crippen LogP contribution in [0.15, 0.2) is 16.5 Å². The summed E-state index contributed by atoms with van der Waals surface area (Å²) in [5, 5.41) is 12.2. The number of nitrogens with one attached hydrogen (secondary N) is 1. The van der Waals surface area contributed by atoms with Gasteiger partial charge < -0.3 is 19.7 Å². The molecule has 2 unspecified atom stereocenters. The number of likely N-dealkylation sites (tertiary alicyclic amines) is 1. The molecule has 100 valence electrons. The monoisotopic (exact) mass is 252 g/mol. The first-order chi connectivity index (χ1) is 8.56. The van der Waals surface area contributed by atoms with E-state index in [2.05, 4.69) is 17.3 Å². The molecule has 0 aliphatic carbocycles. The summed E-state index contributed by atoms with van der Waals surface area (Å²) in [7, 11) is 2.13. The Hall–Kier alpha value is -1.33. The summed E-state index contributed by atoms with van der Waals surface area (Å²) in [5.74, 6) is 0.329. The van der Waals surface area contributed by atoms with E-state index in [0.29, 0.717) is 11.7 Å². The van der Waals surface area contributed by atoms with Gasteiger partial charge in [-0.25, -0.2) is 4.79 Å². The summed E-state index contributed by atoms with van der Waals surface area (Å²) in [6, 6.07) is 3.27. The van der Waals surface area contributed by atoms with Gasteiger partial charge in [0.2, 0.25) is 5.76 Å². The predicted molar refractivity (Wildman–Crippen MR) is 67.7 cm³/mol. The van der Waals surface area contributed by atoms with Crippen molar-refractivity contribution in [3.05, 3.63) is 23.7 Å². The smallest absolute Gasteiger partial charge is 0.371 e. The van der Waals surface area contributed by atoms with Gasteiger partial charge in [-0.3, -0.25) is 0 Å². The summed E-state index contributed by atoms with van der Waals surface area (Å²) < 4.78 is 5.27. The maximum Gasteiger partial charge on any atom is 0.371 e. The Bertz CT molecular complexity index is 416. The number of carboxylic acid groups (broad SMARTS) is 1. The van der Waals surface area contributed by atoms with E-state index in [1.54, 1.807) is 6.07 Å². The van der Waals surface area contributed by atoms with Gasteiger partial charge in [-0.05, 0) is 51.5 Å². The highest BCUT2D eigenvalue weighted by Gasteiger charge is 2.20. The van der Waals surface area contributed by atoms with Gasteiger partial charge in [0.05, 0.1) is 6.04 Å². The predicted octanol–water partition coefficient (Wildman–Crippen LogP) is 1.58. The molecule has 0 amide bonds. The van der Waals surface area contributed by atoms with Crippen LogP contribution in [0.3, 0.4) is 0 Å². The molecule has 18 heavy (non-hydrogen) atoms. The third kappa shape index (κ3) is 3.11. The fourth-order valence-electron chi connectivity index (χ4n) is 2.34. The lowest BCUT2D eigenvalue weighted by atomic mass is 10.1. The highest BCUT2D eigenvalue weighted by atomic mass is 16.4. The zero-order valence-corrected chi connectivity index (χ0v) is 10.8. The van der Waals surface area contributed by atoms with E-state index >= 15 is 0 Å². The Morgan fingerprint density at radius 1 is 1.67 bits per heavy atom. The first-order valence-corrected chi connectivity index (χ1v) is 6.31. The molecule has 0 saturated carbocycles. The molecule has 2 rings (SSSR count). The molecule has 1 aromatic rings. The van der Waals surface area contributed by atoms with E-state index in [1.165, 1.54) is 12.5 Å².